The molecule has 0 aliphatic carbocycles. The van der Waals surface area contributed by atoms with Crippen LogP contribution in [0.3, 0.4) is 0 Å². The topological polar surface area (TPSA) is 66.0 Å². The number of methoxy groups -OCH3 is 1. The maximum absolute atomic E-state index is 6.04. The summed E-state index contributed by atoms with van der Waals surface area (Å²) < 4.78 is 6.90. The third kappa shape index (κ3) is 2.75. The van der Waals surface area contributed by atoms with Gasteiger partial charge in [-0.2, -0.15) is 0 Å². The predicted octanol–water partition coefficient (Wildman–Crippen LogP) is 2.12. The highest BCUT2D eigenvalue weighted by molar-refractivity contribution is 6.31. The Morgan fingerprint density at radius 1 is 1.44 bits per heavy atom. The second-order valence-corrected chi connectivity index (χ2v) is 4.04. The summed E-state index contributed by atoms with van der Waals surface area (Å²) in [6.45, 7) is 2.28. The minimum Gasteiger partial charge on any atom is -0.494 e. The number of nitrogens with two attached hydrogens (primary N) is 1. The zero-order chi connectivity index (χ0) is 12.4. The van der Waals surface area contributed by atoms with Crippen molar-refractivity contribution >= 4 is 24.0 Å². The predicted molar refractivity (Wildman–Crippen MR) is 72.8 cm³/mol. The van der Waals surface area contributed by atoms with Gasteiger partial charge in [0.15, 0.2) is 0 Å². The van der Waals surface area contributed by atoms with Gasteiger partial charge in [0.25, 0.3) is 0 Å². The maximum atomic E-state index is 6.04. The average molecular weight is 289 g/mol. The Balaban J connectivity index is 0.00000162. The van der Waals surface area contributed by atoms with Gasteiger partial charge in [-0.3, -0.25) is 0 Å². The van der Waals surface area contributed by atoms with Gasteiger partial charge < -0.3 is 10.5 Å². The quantitative estimate of drug-likeness (QED) is 0.940. The van der Waals surface area contributed by atoms with Crippen LogP contribution in [0.1, 0.15) is 11.3 Å². The molecule has 18 heavy (non-hydrogen) atoms. The Kier molecular flexibility index (Phi) is 4.95. The summed E-state index contributed by atoms with van der Waals surface area (Å²) in [5, 5.41) is 8.60. The first-order valence-electron chi connectivity index (χ1n) is 5.11. The summed E-state index contributed by atoms with van der Waals surface area (Å²) in [6.07, 6.45) is 1.77. The van der Waals surface area contributed by atoms with E-state index in [9.17, 15) is 0 Å². The number of halogens is 2. The van der Waals surface area contributed by atoms with Gasteiger partial charge in [0, 0.05) is 17.6 Å². The molecule has 7 heteroatoms. The Hall–Kier alpha value is -1.30. The number of benzene rings is 1. The van der Waals surface area contributed by atoms with E-state index in [0.29, 0.717) is 17.3 Å². The largest absolute Gasteiger partial charge is 0.494 e. The molecule has 2 N–H and O–H groups in total. The zero-order valence-corrected chi connectivity index (χ0v) is 11.6. The van der Waals surface area contributed by atoms with Crippen LogP contribution in [-0.4, -0.2) is 22.1 Å². The summed E-state index contributed by atoms with van der Waals surface area (Å²) in [5.41, 5.74) is 7.96. The molecule has 0 spiro atoms. The van der Waals surface area contributed by atoms with Gasteiger partial charge in [-0.15, -0.1) is 17.5 Å². The van der Waals surface area contributed by atoms with E-state index < -0.39 is 0 Å². The van der Waals surface area contributed by atoms with Crippen molar-refractivity contribution in [2.24, 2.45) is 5.73 Å². The fraction of sp³-hybridized carbons (Fsp3) is 0.273. The van der Waals surface area contributed by atoms with Crippen molar-refractivity contribution in [2.75, 3.05) is 7.11 Å². The van der Waals surface area contributed by atoms with Crippen LogP contribution >= 0.6 is 24.0 Å². The van der Waals surface area contributed by atoms with E-state index in [4.69, 9.17) is 22.1 Å². The fourth-order valence-electron chi connectivity index (χ4n) is 1.50. The van der Waals surface area contributed by atoms with Crippen LogP contribution < -0.4 is 10.5 Å². The standard InChI is InChI=1S/C11H13ClN4O.ClH/c1-7-3-10(11(17-2)4-9(7)12)16-6-8(5-13)14-15-16;/h3-4,6H,5,13H2,1-2H3;1H. The number of rotatable bonds is 3. The van der Waals surface area contributed by atoms with Gasteiger partial charge >= 0.3 is 0 Å². The molecule has 0 bridgehead atoms. The number of ether oxygens (including phenoxy) is 1. The molecule has 0 radical (unpaired) electrons. The molecular weight excluding hydrogens is 275 g/mol. The molecule has 2 rings (SSSR count). The molecule has 0 amide bonds. The van der Waals surface area contributed by atoms with E-state index >= 15 is 0 Å². The Labute approximate surface area is 116 Å². The van der Waals surface area contributed by atoms with Crippen molar-refractivity contribution in [2.45, 2.75) is 13.5 Å². The van der Waals surface area contributed by atoms with Crippen molar-refractivity contribution in [3.8, 4) is 11.4 Å². The van der Waals surface area contributed by atoms with E-state index in [0.717, 1.165) is 16.9 Å². The normalized spacial score (nSPS) is 10.0. The minimum atomic E-state index is 0. The van der Waals surface area contributed by atoms with Crippen LogP contribution in [0.4, 0.5) is 0 Å². The molecule has 0 saturated carbocycles. The average Bonchev–Trinajstić information content (AvgIpc) is 2.80. The van der Waals surface area contributed by atoms with Crippen molar-refractivity contribution in [3.05, 3.63) is 34.6 Å². The molecule has 0 saturated heterocycles. The fourth-order valence-corrected chi connectivity index (χ4v) is 1.65. The monoisotopic (exact) mass is 288 g/mol. The lowest BCUT2D eigenvalue weighted by Gasteiger charge is -2.10. The summed E-state index contributed by atoms with van der Waals surface area (Å²) in [4.78, 5) is 0. The summed E-state index contributed by atoms with van der Waals surface area (Å²) in [7, 11) is 1.59. The minimum absolute atomic E-state index is 0. The van der Waals surface area contributed by atoms with Crippen LogP contribution in [0.25, 0.3) is 5.69 Å². The van der Waals surface area contributed by atoms with Crippen molar-refractivity contribution < 1.29 is 4.74 Å². The lowest BCUT2D eigenvalue weighted by molar-refractivity contribution is 0.411. The van der Waals surface area contributed by atoms with Gasteiger partial charge in [0.05, 0.1) is 19.0 Å². The first-order valence-corrected chi connectivity index (χ1v) is 5.49. The zero-order valence-electron chi connectivity index (χ0n) is 10.1. The smallest absolute Gasteiger partial charge is 0.146 e. The highest BCUT2D eigenvalue weighted by atomic mass is 35.5. The summed E-state index contributed by atoms with van der Waals surface area (Å²) >= 11 is 6.04. The van der Waals surface area contributed by atoms with E-state index in [1.807, 2.05) is 13.0 Å². The number of hydrogen-bond acceptors (Lipinski definition) is 4. The second kappa shape index (κ2) is 6.04. The highest BCUT2D eigenvalue weighted by Crippen LogP contribution is 2.29. The van der Waals surface area contributed by atoms with Gasteiger partial charge in [-0.1, -0.05) is 16.8 Å². The molecular formula is C11H14Cl2N4O. The van der Waals surface area contributed by atoms with E-state index in [2.05, 4.69) is 10.3 Å². The Morgan fingerprint density at radius 3 is 2.72 bits per heavy atom. The number of aryl methyl sites for hydroxylation is 1. The van der Waals surface area contributed by atoms with Crippen molar-refractivity contribution in [3.63, 3.8) is 0 Å². The van der Waals surface area contributed by atoms with Gasteiger partial charge in [0.1, 0.15) is 11.4 Å². The van der Waals surface area contributed by atoms with Crippen molar-refractivity contribution in [1.82, 2.24) is 15.0 Å². The lowest BCUT2D eigenvalue weighted by atomic mass is 10.2. The van der Waals surface area contributed by atoms with Gasteiger partial charge in [-0.05, 0) is 18.6 Å². The molecule has 98 valence electrons. The van der Waals surface area contributed by atoms with Crippen LogP contribution in [0, 0.1) is 6.92 Å². The maximum Gasteiger partial charge on any atom is 0.146 e. The molecule has 0 unspecified atom stereocenters. The number of nitrogens with zero attached hydrogens (tertiary/aromatic N) is 3. The van der Waals surface area contributed by atoms with Crippen LogP contribution in [-0.2, 0) is 6.54 Å². The van der Waals surface area contributed by atoms with Crippen LogP contribution in [0.15, 0.2) is 18.3 Å². The SMILES string of the molecule is COc1cc(Cl)c(C)cc1-n1cc(CN)nn1.Cl. The van der Waals surface area contributed by atoms with Crippen molar-refractivity contribution in [1.29, 1.82) is 0 Å². The molecule has 1 heterocycles. The highest BCUT2D eigenvalue weighted by Gasteiger charge is 2.10. The number of hydrogen-bond donors (Lipinski definition) is 1. The molecule has 1 aromatic heterocycles. The second-order valence-electron chi connectivity index (χ2n) is 3.63. The first kappa shape index (κ1) is 14.8. The molecule has 0 aliphatic rings. The summed E-state index contributed by atoms with van der Waals surface area (Å²) in [6, 6.07) is 3.66. The molecule has 2 aromatic rings. The summed E-state index contributed by atoms with van der Waals surface area (Å²) in [5.74, 6) is 0.647. The first-order chi connectivity index (χ1) is 8.15. The lowest BCUT2D eigenvalue weighted by Crippen LogP contribution is -2.00. The van der Waals surface area contributed by atoms with E-state index in [-0.39, 0.29) is 12.4 Å². The molecule has 0 fully saturated rings. The van der Waals surface area contributed by atoms with Crippen LogP contribution in [0.5, 0.6) is 5.75 Å². The van der Waals surface area contributed by atoms with E-state index in [1.54, 1.807) is 24.1 Å². The molecule has 1 aromatic carbocycles. The molecule has 5 nitrogen and oxygen atoms in total. The van der Waals surface area contributed by atoms with Crippen LogP contribution in [0.2, 0.25) is 5.02 Å². The number of aromatic nitrogens is 3. The van der Waals surface area contributed by atoms with Gasteiger partial charge in [-0.25, -0.2) is 4.68 Å². The third-order valence-electron chi connectivity index (χ3n) is 2.46. The third-order valence-corrected chi connectivity index (χ3v) is 2.86. The molecule has 0 aliphatic heterocycles. The van der Waals surface area contributed by atoms with E-state index in [1.165, 1.54) is 0 Å². The Bertz CT molecular complexity index is 542. The Morgan fingerprint density at radius 2 is 2.17 bits per heavy atom. The van der Waals surface area contributed by atoms with Gasteiger partial charge in [0.2, 0.25) is 0 Å². The molecule has 0 atom stereocenters.